The smallest absolute Gasteiger partial charge is 0.274 e. The highest BCUT2D eigenvalue weighted by molar-refractivity contribution is 5.96. The average molecular weight is 394 g/mol. The first-order valence-corrected chi connectivity index (χ1v) is 9.19. The van der Waals surface area contributed by atoms with E-state index in [0.29, 0.717) is 5.69 Å². The molecule has 1 aromatic carbocycles. The van der Waals surface area contributed by atoms with Crippen LogP contribution in [0.4, 0.5) is 5.69 Å². The second-order valence-electron chi connectivity index (χ2n) is 7.01. The van der Waals surface area contributed by atoms with Gasteiger partial charge in [-0.3, -0.25) is 19.1 Å². The first kappa shape index (κ1) is 20.1. The van der Waals surface area contributed by atoms with Gasteiger partial charge in [0, 0.05) is 32.5 Å². The number of carbonyl (C=O) groups is 3. The van der Waals surface area contributed by atoms with Crippen molar-refractivity contribution in [1.29, 1.82) is 5.26 Å². The van der Waals surface area contributed by atoms with Crippen LogP contribution in [0.2, 0.25) is 0 Å². The van der Waals surface area contributed by atoms with Crippen LogP contribution in [-0.2, 0) is 16.6 Å². The van der Waals surface area contributed by atoms with Crippen molar-refractivity contribution < 1.29 is 14.4 Å². The van der Waals surface area contributed by atoms with Crippen molar-refractivity contribution in [2.75, 3.05) is 25.5 Å². The summed E-state index contributed by atoms with van der Waals surface area (Å²) < 4.78 is 1.50. The Morgan fingerprint density at radius 1 is 1.28 bits per heavy atom. The third-order valence-electron chi connectivity index (χ3n) is 4.83. The Morgan fingerprint density at radius 3 is 2.62 bits per heavy atom. The molecule has 2 aromatic rings. The van der Waals surface area contributed by atoms with E-state index in [9.17, 15) is 19.6 Å². The van der Waals surface area contributed by atoms with Crippen molar-refractivity contribution in [3.63, 3.8) is 0 Å². The largest absolute Gasteiger partial charge is 0.331 e. The van der Waals surface area contributed by atoms with Crippen LogP contribution in [0.25, 0.3) is 0 Å². The van der Waals surface area contributed by atoms with Crippen molar-refractivity contribution in [3.05, 3.63) is 48.3 Å². The fourth-order valence-corrected chi connectivity index (χ4v) is 3.28. The van der Waals surface area contributed by atoms with Crippen LogP contribution in [0.5, 0.6) is 0 Å². The van der Waals surface area contributed by atoms with Crippen molar-refractivity contribution in [3.8, 4) is 6.07 Å². The van der Waals surface area contributed by atoms with E-state index in [1.807, 2.05) is 18.2 Å². The van der Waals surface area contributed by atoms with Gasteiger partial charge < -0.3 is 15.1 Å². The summed E-state index contributed by atoms with van der Waals surface area (Å²) in [6, 6.07) is 12.0. The fourth-order valence-electron chi connectivity index (χ4n) is 3.28. The number of nitrogens with zero attached hydrogens (tertiary/aromatic N) is 5. The molecule has 29 heavy (non-hydrogen) atoms. The summed E-state index contributed by atoms with van der Waals surface area (Å²) in [6.45, 7) is -0.0536. The van der Waals surface area contributed by atoms with E-state index >= 15 is 0 Å². The molecule has 1 N–H and O–H groups in total. The number of benzene rings is 1. The summed E-state index contributed by atoms with van der Waals surface area (Å²) in [5.41, 5.74) is 0.901. The molecule has 9 nitrogen and oxygen atoms in total. The molecule has 1 aliphatic rings. The number of hydrogen-bond acceptors (Lipinski definition) is 5. The topological polar surface area (TPSA) is 111 Å². The van der Waals surface area contributed by atoms with Gasteiger partial charge in [-0.05, 0) is 24.6 Å². The SMILES string of the molecule is CN(CC(=O)N1CC(C(=O)Nc2ccccc2)CC1C#N)C(=O)c1ccn(C)n1. The van der Waals surface area contributed by atoms with Crippen molar-refractivity contribution in [2.45, 2.75) is 12.5 Å². The Labute approximate surface area is 168 Å². The number of para-hydroxylation sites is 1. The summed E-state index contributed by atoms with van der Waals surface area (Å²) in [4.78, 5) is 40.3. The number of hydrogen-bond donors (Lipinski definition) is 1. The van der Waals surface area contributed by atoms with Crippen LogP contribution >= 0.6 is 0 Å². The normalized spacial score (nSPS) is 18.2. The van der Waals surface area contributed by atoms with Crippen LogP contribution in [-0.4, -0.2) is 63.5 Å². The lowest BCUT2D eigenvalue weighted by molar-refractivity contribution is -0.131. The van der Waals surface area contributed by atoms with Gasteiger partial charge in [0.05, 0.1) is 18.5 Å². The van der Waals surface area contributed by atoms with Gasteiger partial charge in [0.25, 0.3) is 5.91 Å². The first-order chi connectivity index (χ1) is 13.9. The van der Waals surface area contributed by atoms with Gasteiger partial charge in [0.2, 0.25) is 11.8 Å². The van der Waals surface area contributed by atoms with Gasteiger partial charge in [-0.2, -0.15) is 10.4 Å². The predicted octanol–water partition coefficient (Wildman–Crippen LogP) is 0.871. The molecule has 1 fully saturated rings. The van der Waals surface area contributed by atoms with Crippen LogP contribution in [0.15, 0.2) is 42.6 Å². The lowest BCUT2D eigenvalue weighted by Gasteiger charge is -2.23. The number of rotatable bonds is 5. The molecule has 1 aromatic heterocycles. The Kier molecular flexibility index (Phi) is 5.93. The molecular weight excluding hydrogens is 372 g/mol. The molecule has 0 spiro atoms. The Bertz CT molecular complexity index is 949. The van der Waals surface area contributed by atoms with Crippen molar-refractivity contribution >= 4 is 23.4 Å². The highest BCUT2D eigenvalue weighted by atomic mass is 16.2. The summed E-state index contributed by atoms with van der Waals surface area (Å²) in [5.74, 6) is -1.48. The number of likely N-dealkylation sites (tertiary alicyclic amines) is 1. The van der Waals surface area contributed by atoms with Gasteiger partial charge in [-0.25, -0.2) is 0 Å². The molecule has 0 bridgehead atoms. The number of nitrogens with one attached hydrogen (secondary N) is 1. The Balaban J connectivity index is 1.61. The van der Waals surface area contributed by atoms with E-state index in [-0.39, 0.29) is 42.9 Å². The van der Waals surface area contributed by atoms with Gasteiger partial charge in [0.15, 0.2) is 0 Å². The maximum Gasteiger partial charge on any atom is 0.274 e. The second-order valence-corrected chi connectivity index (χ2v) is 7.01. The van der Waals surface area contributed by atoms with Gasteiger partial charge in [0.1, 0.15) is 11.7 Å². The monoisotopic (exact) mass is 394 g/mol. The number of amides is 3. The highest BCUT2D eigenvalue weighted by Gasteiger charge is 2.39. The van der Waals surface area contributed by atoms with E-state index in [1.165, 1.54) is 21.5 Å². The van der Waals surface area contributed by atoms with Gasteiger partial charge in [-0.1, -0.05) is 18.2 Å². The molecule has 0 saturated carbocycles. The van der Waals surface area contributed by atoms with Gasteiger partial charge in [-0.15, -0.1) is 0 Å². The minimum atomic E-state index is -0.702. The van der Waals surface area contributed by atoms with Crippen LogP contribution < -0.4 is 5.32 Å². The third-order valence-corrected chi connectivity index (χ3v) is 4.83. The van der Waals surface area contributed by atoms with E-state index in [1.54, 1.807) is 31.4 Å². The van der Waals surface area contributed by atoms with Crippen molar-refractivity contribution in [1.82, 2.24) is 19.6 Å². The zero-order valence-corrected chi connectivity index (χ0v) is 16.3. The molecule has 2 unspecified atom stereocenters. The van der Waals surface area contributed by atoms with Crippen LogP contribution in [0, 0.1) is 17.2 Å². The summed E-state index contributed by atoms with van der Waals surface area (Å²) in [6.07, 6.45) is 1.91. The summed E-state index contributed by atoms with van der Waals surface area (Å²) >= 11 is 0. The van der Waals surface area contributed by atoms with E-state index in [0.717, 1.165) is 0 Å². The summed E-state index contributed by atoms with van der Waals surface area (Å²) in [5, 5.41) is 16.3. The number of likely N-dealkylation sites (N-methyl/N-ethyl adjacent to an activating group) is 1. The maximum atomic E-state index is 12.7. The standard InChI is InChI=1S/C20H22N6O3/c1-24(20(29)17-8-9-25(2)23-17)13-18(27)26-12-14(10-16(26)11-21)19(28)22-15-6-4-3-5-7-15/h3-9,14,16H,10,12-13H2,1-2H3,(H,22,28). The molecule has 1 aliphatic heterocycles. The molecule has 150 valence electrons. The number of nitriles is 1. The first-order valence-electron chi connectivity index (χ1n) is 9.19. The molecule has 0 aliphatic carbocycles. The molecule has 2 atom stereocenters. The number of aryl methyl sites for hydroxylation is 1. The van der Waals surface area contributed by atoms with Crippen molar-refractivity contribution in [2.24, 2.45) is 13.0 Å². The maximum absolute atomic E-state index is 12.7. The molecule has 1 saturated heterocycles. The number of anilines is 1. The van der Waals surface area contributed by atoms with Crippen LogP contribution in [0.3, 0.4) is 0 Å². The van der Waals surface area contributed by atoms with Gasteiger partial charge >= 0.3 is 0 Å². The zero-order valence-electron chi connectivity index (χ0n) is 16.3. The highest BCUT2D eigenvalue weighted by Crippen LogP contribution is 2.24. The molecule has 2 heterocycles. The minimum absolute atomic E-state index is 0.140. The zero-order chi connectivity index (χ0) is 21.0. The molecule has 0 radical (unpaired) electrons. The second kappa shape index (κ2) is 8.56. The fraction of sp³-hybridized carbons (Fsp3) is 0.350. The average Bonchev–Trinajstić information content (AvgIpc) is 3.34. The summed E-state index contributed by atoms with van der Waals surface area (Å²) in [7, 11) is 3.20. The lowest BCUT2D eigenvalue weighted by atomic mass is 10.1. The molecule has 3 amide bonds. The molecular formula is C20H22N6O3. The molecule has 3 rings (SSSR count). The predicted molar refractivity (Wildman–Crippen MR) is 104 cm³/mol. The number of aromatic nitrogens is 2. The molecule has 9 heteroatoms. The number of carbonyl (C=O) groups excluding carboxylic acids is 3. The van der Waals surface area contributed by atoms with E-state index in [4.69, 9.17) is 0 Å². The van der Waals surface area contributed by atoms with Crippen LogP contribution in [0.1, 0.15) is 16.9 Å². The Morgan fingerprint density at radius 2 is 2.00 bits per heavy atom. The van der Waals surface area contributed by atoms with E-state index < -0.39 is 12.0 Å². The van der Waals surface area contributed by atoms with E-state index in [2.05, 4.69) is 16.5 Å². The quantitative estimate of drug-likeness (QED) is 0.809. The third kappa shape index (κ3) is 4.60. The Hall–Kier alpha value is -3.67. The minimum Gasteiger partial charge on any atom is -0.331 e. The lowest BCUT2D eigenvalue weighted by Crippen LogP contribution is -2.43.